The minimum Gasteiger partial charge on any atom is -0.369 e. The Hall–Kier alpha value is -1.11. The van der Waals surface area contributed by atoms with Gasteiger partial charge in [0.2, 0.25) is 10.0 Å². The number of para-hydroxylation sites is 1. The summed E-state index contributed by atoms with van der Waals surface area (Å²) in [6, 6.07) is 7.11. The molecule has 0 spiro atoms. The summed E-state index contributed by atoms with van der Waals surface area (Å²) >= 11 is 0. The summed E-state index contributed by atoms with van der Waals surface area (Å²) in [5.74, 6) is 0. The maximum atomic E-state index is 12.4. The number of benzene rings is 1. The van der Waals surface area contributed by atoms with Crippen LogP contribution in [0.25, 0.3) is 0 Å². The second kappa shape index (κ2) is 7.61. The predicted molar refractivity (Wildman–Crippen MR) is 83.5 cm³/mol. The van der Waals surface area contributed by atoms with E-state index in [2.05, 4.69) is 11.8 Å². The Kier molecular flexibility index (Phi) is 6.45. The van der Waals surface area contributed by atoms with Gasteiger partial charge >= 0.3 is 0 Å². The zero-order chi connectivity index (χ0) is 15.2. The summed E-state index contributed by atoms with van der Waals surface area (Å²) in [6.07, 6.45) is 2.07. The molecule has 5 nitrogen and oxygen atoms in total. The van der Waals surface area contributed by atoms with Gasteiger partial charge in [-0.05, 0) is 18.6 Å². The van der Waals surface area contributed by atoms with Gasteiger partial charge in [0.25, 0.3) is 0 Å². The van der Waals surface area contributed by atoms with E-state index in [9.17, 15) is 8.42 Å². The van der Waals surface area contributed by atoms with Crippen molar-refractivity contribution in [2.24, 2.45) is 5.73 Å². The van der Waals surface area contributed by atoms with Crippen molar-refractivity contribution in [1.82, 2.24) is 4.31 Å². The number of hydrogen-bond donors (Lipinski definition) is 1. The smallest absolute Gasteiger partial charge is 0.244 e. The van der Waals surface area contributed by atoms with Crippen LogP contribution in [-0.2, 0) is 10.0 Å². The number of nitrogens with zero attached hydrogens (tertiary/aromatic N) is 2. The van der Waals surface area contributed by atoms with E-state index in [1.807, 2.05) is 12.1 Å². The van der Waals surface area contributed by atoms with Gasteiger partial charge in [-0.15, -0.1) is 0 Å². The summed E-state index contributed by atoms with van der Waals surface area (Å²) in [4.78, 5) is 2.40. The highest BCUT2D eigenvalue weighted by Gasteiger charge is 2.23. The van der Waals surface area contributed by atoms with Gasteiger partial charge in [-0.2, -0.15) is 0 Å². The molecular formula is C14H25N3O2S. The first-order chi connectivity index (χ1) is 9.45. The highest BCUT2D eigenvalue weighted by atomic mass is 32.2. The Morgan fingerprint density at radius 3 is 2.35 bits per heavy atom. The lowest BCUT2D eigenvalue weighted by Crippen LogP contribution is -2.33. The molecule has 20 heavy (non-hydrogen) atoms. The molecule has 0 unspecified atom stereocenters. The first-order valence-electron chi connectivity index (χ1n) is 6.91. The van der Waals surface area contributed by atoms with Crippen molar-refractivity contribution in [3.05, 3.63) is 24.3 Å². The van der Waals surface area contributed by atoms with E-state index in [1.54, 1.807) is 26.2 Å². The summed E-state index contributed by atoms with van der Waals surface area (Å²) < 4.78 is 26.0. The van der Waals surface area contributed by atoms with Gasteiger partial charge in [-0.1, -0.05) is 25.5 Å². The molecule has 1 aromatic rings. The number of rotatable bonds is 8. The van der Waals surface area contributed by atoms with Crippen molar-refractivity contribution in [2.75, 3.05) is 38.6 Å². The largest absolute Gasteiger partial charge is 0.369 e. The maximum Gasteiger partial charge on any atom is 0.244 e. The van der Waals surface area contributed by atoms with Gasteiger partial charge in [0.05, 0.1) is 5.69 Å². The standard InChI is InChI=1S/C14H25N3O2S/c1-4-5-11-17(12-10-15)13-8-6-7-9-14(13)20(18,19)16(2)3/h6-9H,4-5,10-12,15H2,1-3H3. The van der Waals surface area contributed by atoms with Crippen LogP contribution in [0.5, 0.6) is 0 Å². The molecule has 0 saturated carbocycles. The molecular weight excluding hydrogens is 274 g/mol. The zero-order valence-electron chi connectivity index (χ0n) is 12.5. The SMILES string of the molecule is CCCCN(CCN)c1ccccc1S(=O)(=O)N(C)C. The van der Waals surface area contributed by atoms with E-state index in [0.29, 0.717) is 18.0 Å². The first kappa shape index (κ1) is 16.9. The van der Waals surface area contributed by atoms with Gasteiger partial charge in [0.15, 0.2) is 0 Å². The fraction of sp³-hybridized carbons (Fsp3) is 0.571. The third-order valence-electron chi connectivity index (χ3n) is 3.15. The van der Waals surface area contributed by atoms with Crippen molar-refractivity contribution in [3.8, 4) is 0 Å². The van der Waals surface area contributed by atoms with E-state index in [4.69, 9.17) is 5.73 Å². The number of nitrogens with two attached hydrogens (primary N) is 1. The first-order valence-corrected chi connectivity index (χ1v) is 8.35. The molecule has 0 heterocycles. The van der Waals surface area contributed by atoms with Crippen LogP contribution < -0.4 is 10.6 Å². The summed E-state index contributed by atoms with van der Waals surface area (Å²) in [5, 5.41) is 0. The zero-order valence-corrected chi connectivity index (χ0v) is 13.4. The van der Waals surface area contributed by atoms with E-state index in [1.165, 1.54) is 4.31 Å². The summed E-state index contributed by atoms with van der Waals surface area (Å²) in [7, 11) is -0.351. The molecule has 0 aliphatic rings. The third-order valence-corrected chi connectivity index (χ3v) is 5.01. The minimum atomic E-state index is -3.45. The molecule has 0 aliphatic heterocycles. The highest BCUT2D eigenvalue weighted by molar-refractivity contribution is 7.89. The quantitative estimate of drug-likeness (QED) is 0.790. The fourth-order valence-corrected chi connectivity index (χ4v) is 3.10. The van der Waals surface area contributed by atoms with Crippen molar-refractivity contribution >= 4 is 15.7 Å². The second-order valence-corrected chi connectivity index (χ2v) is 7.00. The topological polar surface area (TPSA) is 66.6 Å². The average Bonchev–Trinajstić information content (AvgIpc) is 2.43. The lowest BCUT2D eigenvalue weighted by Gasteiger charge is -2.27. The lowest BCUT2D eigenvalue weighted by atomic mass is 10.2. The van der Waals surface area contributed by atoms with Crippen LogP contribution in [0.3, 0.4) is 0 Å². The van der Waals surface area contributed by atoms with Crippen LogP contribution in [0.15, 0.2) is 29.2 Å². The monoisotopic (exact) mass is 299 g/mol. The molecule has 2 N–H and O–H groups in total. The van der Waals surface area contributed by atoms with Gasteiger partial charge in [0.1, 0.15) is 4.90 Å². The number of hydrogen-bond acceptors (Lipinski definition) is 4. The fourth-order valence-electron chi connectivity index (χ4n) is 1.99. The van der Waals surface area contributed by atoms with Crippen LogP contribution >= 0.6 is 0 Å². The maximum absolute atomic E-state index is 12.4. The summed E-state index contributed by atoms with van der Waals surface area (Å²) in [5.41, 5.74) is 6.39. The Morgan fingerprint density at radius 2 is 1.80 bits per heavy atom. The molecule has 6 heteroatoms. The molecule has 0 bridgehead atoms. The molecule has 0 radical (unpaired) electrons. The summed E-state index contributed by atoms with van der Waals surface area (Å²) in [6.45, 7) is 4.08. The van der Waals surface area contributed by atoms with Gasteiger partial charge in [-0.25, -0.2) is 12.7 Å². The van der Waals surface area contributed by atoms with E-state index >= 15 is 0 Å². The number of unbranched alkanes of at least 4 members (excludes halogenated alkanes) is 1. The molecule has 114 valence electrons. The van der Waals surface area contributed by atoms with E-state index in [0.717, 1.165) is 25.1 Å². The van der Waals surface area contributed by atoms with Crippen molar-refractivity contribution in [2.45, 2.75) is 24.7 Å². The van der Waals surface area contributed by atoms with Crippen LogP contribution in [0, 0.1) is 0 Å². The van der Waals surface area contributed by atoms with Crippen LogP contribution in [0.4, 0.5) is 5.69 Å². The third kappa shape index (κ3) is 3.94. The van der Waals surface area contributed by atoms with Crippen molar-refractivity contribution in [1.29, 1.82) is 0 Å². The van der Waals surface area contributed by atoms with Gasteiger partial charge in [0, 0.05) is 33.7 Å². The number of sulfonamides is 1. The lowest BCUT2D eigenvalue weighted by molar-refractivity contribution is 0.520. The van der Waals surface area contributed by atoms with Gasteiger partial charge in [-0.3, -0.25) is 0 Å². The van der Waals surface area contributed by atoms with Crippen molar-refractivity contribution in [3.63, 3.8) is 0 Å². The molecule has 1 rings (SSSR count). The molecule has 0 fully saturated rings. The predicted octanol–water partition coefficient (Wildman–Crippen LogP) is 1.50. The van der Waals surface area contributed by atoms with E-state index < -0.39 is 10.0 Å². The Labute approximate surface area is 122 Å². The Balaban J connectivity index is 3.22. The van der Waals surface area contributed by atoms with E-state index in [-0.39, 0.29) is 0 Å². The average molecular weight is 299 g/mol. The molecule has 0 amide bonds. The molecule has 0 saturated heterocycles. The molecule has 0 aliphatic carbocycles. The number of anilines is 1. The second-order valence-electron chi connectivity index (χ2n) is 4.88. The minimum absolute atomic E-state index is 0.342. The van der Waals surface area contributed by atoms with Crippen molar-refractivity contribution < 1.29 is 8.42 Å². The molecule has 0 atom stereocenters. The molecule has 0 aromatic heterocycles. The Bertz CT molecular complexity index is 515. The molecule has 1 aromatic carbocycles. The van der Waals surface area contributed by atoms with Crippen LogP contribution in [-0.4, -0.2) is 46.5 Å². The normalized spacial score (nSPS) is 11.8. The van der Waals surface area contributed by atoms with Crippen LogP contribution in [0.1, 0.15) is 19.8 Å². The Morgan fingerprint density at radius 1 is 1.15 bits per heavy atom. The van der Waals surface area contributed by atoms with Crippen LogP contribution in [0.2, 0.25) is 0 Å². The highest BCUT2D eigenvalue weighted by Crippen LogP contribution is 2.26. The van der Waals surface area contributed by atoms with Gasteiger partial charge < -0.3 is 10.6 Å².